The quantitative estimate of drug-likeness (QED) is 0.694. The Morgan fingerprint density at radius 2 is 2.00 bits per heavy atom. The number of hydrogen-bond acceptors (Lipinski definition) is 3. The lowest BCUT2D eigenvalue weighted by Gasteiger charge is -2.52. The minimum Gasteiger partial charge on any atom is -0.381 e. The van der Waals surface area contributed by atoms with Crippen molar-refractivity contribution in [2.75, 3.05) is 19.8 Å². The van der Waals surface area contributed by atoms with Crippen LogP contribution in [0.3, 0.4) is 0 Å². The number of hydrogen-bond donors (Lipinski definition) is 1. The van der Waals surface area contributed by atoms with Crippen molar-refractivity contribution in [1.29, 1.82) is 0 Å². The Hall–Kier alpha value is -0.120. The molecule has 3 heteroatoms. The smallest absolute Gasteiger partial charge is 0.0901 e. The first-order valence-electron chi connectivity index (χ1n) is 5.21. The first-order chi connectivity index (χ1) is 6.23. The molecule has 0 radical (unpaired) electrons. The van der Waals surface area contributed by atoms with E-state index in [1.54, 1.807) is 0 Å². The molecule has 0 saturated carbocycles. The predicted octanol–water partition coefficient (Wildman–Crippen LogP) is 0.932. The topological polar surface area (TPSA) is 30.5 Å². The van der Waals surface area contributed by atoms with Crippen molar-refractivity contribution < 1.29 is 9.47 Å². The molecule has 1 N–H and O–H groups in total. The van der Waals surface area contributed by atoms with Gasteiger partial charge in [0.25, 0.3) is 0 Å². The third kappa shape index (κ3) is 1.73. The van der Waals surface area contributed by atoms with Crippen molar-refractivity contribution in [3.05, 3.63) is 0 Å². The predicted molar refractivity (Wildman–Crippen MR) is 50.8 cm³/mol. The van der Waals surface area contributed by atoms with Crippen molar-refractivity contribution in [3.8, 4) is 0 Å². The highest BCUT2D eigenvalue weighted by molar-refractivity contribution is 5.02. The monoisotopic (exact) mass is 185 g/mol. The van der Waals surface area contributed by atoms with Crippen LogP contribution in [-0.4, -0.2) is 37.5 Å². The molecule has 2 rings (SSSR count). The van der Waals surface area contributed by atoms with Crippen LogP contribution in [0.25, 0.3) is 0 Å². The van der Waals surface area contributed by atoms with E-state index in [1.807, 2.05) is 0 Å². The van der Waals surface area contributed by atoms with Crippen molar-refractivity contribution >= 4 is 0 Å². The zero-order chi connectivity index (χ0) is 9.31. The fourth-order valence-corrected chi connectivity index (χ4v) is 2.21. The molecule has 3 nitrogen and oxygen atoms in total. The van der Waals surface area contributed by atoms with Crippen LogP contribution in [0.5, 0.6) is 0 Å². The SMILES string of the molecule is CC(C)NC1COC12CCOCC2. The van der Waals surface area contributed by atoms with Crippen LogP contribution in [0.15, 0.2) is 0 Å². The van der Waals surface area contributed by atoms with E-state index in [4.69, 9.17) is 9.47 Å². The molecule has 2 aliphatic rings. The maximum atomic E-state index is 5.73. The number of nitrogens with one attached hydrogen (secondary N) is 1. The van der Waals surface area contributed by atoms with Gasteiger partial charge >= 0.3 is 0 Å². The standard InChI is InChI=1S/C10H19NO2/c1-8(2)11-9-7-13-10(9)3-5-12-6-4-10/h8-9,11H,3-7H2,1-2H3. The first kappa shape index (κ1) is 9.44. The van der Waals surface area contributed by atoms with Crippen LogP contribution >= 0.6 is 0 Å². The molecule has 2 saturated heterocycles. The molecule has 1 spiro atoms. The Bertz CT molecular complexity index is 176. The summed E-state index contributed by atoms with van der Waals surface area (Å²) in [4.78, 5) is 0. The summed E-state index contributed by atoms with van der Waals surface area (Å²) in [5.41, 5.74) is 0.114. The molecular weight excluding hydrogens is 166 g/mol. The maximum absolute atomic E-state index is 5.73. The lowest BCUT2D eigenvalue weighted by molar-refractivity contribution is -0.215. The van der Waals surface area contributed by atoms with Gasteiger partial charge in [-0.1, -0.05) is 13.8 Å². The van der Waals surface area contributed by atoms with Crippen LogP contribution in [0.1, 0.15) is 26.7 Å². The molecule has 2 aliphatic heterocycles. The highest BCUT2D eigenvalue weighted by Gasteiger charge is 2.49. The molecule has 0 aromatic carbocycles. The summed E-state index contributed by atoms with van der Waals surface area (Å²) < 4.78 is 11.1. The van der Waals surface area contributed by atoms with Gasteiger partial charge in [-0.05, 0) is 0 Å². The van der Waals surface area contributed by atoms with Gasteiger partial charge < -0.3 is 14.8 Å². The van der Waals surface area contributed by atoms with Gasteiger partial charge in [0.15, 0.2) is 0 Å². The van der Waals surface area contributed by atoms with E-state index in [1.165, 1.54) is 0 Å². The molecule has 0 bridgehead atoms. The summed E-state index contributed by atoms with van der Waals surface area (Å²) in [7, 11) is 0. The van der Waals surface area contributed by atoms with Crippen molar-refractivity contribution in [3.63, 3.8) is 0 Å². The van der Waals surface area contributed by atoms with Crippen LogP contribution in [-0.2, 0) is 9.47 Å². The third-order valence-corrected chi connectivity index (χ3v) is 3.05. The summed E-state index contributed by atoms with van der Waals surface area (Å²) in [5.74, 6) is 0. The van der Waals surface area contributed by atoms with E-state index >= 15 is 0 Å². The van der Waals surface area contributed by atoms with E-state index in [-0.39, 0.29) is 5.60 Å². The van der Waals surface area contributed by atoms with Crippen molar-refractivity contribution in [2.45, 2.75) is 44.4 Å². The highest BCUT2D eigenvalue weighted by atomic mass is 16.5. The van der Waals surface area contributed by atoms with Crippen molar-refractivity contribution in [1.82, 2.24) is 5.32 Å². The van der Waals surface area contributed by atoms with Crippen molar-refractivity contribution in [2.24, 2.45) is 0 Å². The van der Waals surface area contributed by atoms with Crippen LogP contribution < -0.4 is 5.32 Å². The van der Waals surface area contributed by atoms with Gasteiger partial charge in [-0.3, -0.25) is 0 Å². The molecule has 0 aromatic heterocycles. The lowest BCUT2D eigenvalue weighted by atomic mass is 9.81. The fourth-order valence-electron chi connectivity index (χ4n) is 2.21. The molecule has 76 valence electrons. The molecular formula is C10H19NO2. The summed E-state index contributed by atoms with van der Waals surface area (Å²) >= 11 is 0. The van der Waals surface area contributed by atoms with Gasteiger partial charge in [0, 0.05) is 32.1 Å². The molecule has 2 fully saturated rings. The summed E-state index contributed by atoms with van der Waals surface area (Å²) in [6, 6.07) is 1.10. The summed E-state index contributed by atoms with van der Waals surface area (Å²) in [6.07, 6.45) is 2.11. The molecule has 13 heavy (non-hydrogen) atoms. The second-order valence-electron chi connectivity index (χ2n) is 4.36. The Balaban J connectivity index is 1.90. The third-order valence-electron chi connectivity index (χ3n) is 3.05. The Kier molecular flexibility index (Phi) is 2.58. The zero-order valence-electron chi connectivity index (χ0n) is 8.51. The van der Waals surface area contributed by atoms with E-state index in [0.717, 1.165) is 32.7 Å². The van der Waals surface area contributed by atoms with Gasteiger partial charge in [-0.2, -0.15) is 0 Å². The Morgan fingerprint density at radius 3 is 2.46 bits per heavy atom. The zero-order valence-corrected chi connectivity index (χ0v) is 8.51. The normalized spacial score (nSPS) is 32.1. The minimum atomic E-state index is 0.114. The Morgan fingerprint density at radius 1 is 1.31 bits per heavy atom. The molecule has 0 aliphatic carbocycles. The molecule has 1 unspecified atom stereocenters. The molecule has 1 atom stereocenters. The number of rotatable bonds is 2. The van der Waals surface area contributed by atoms with Gasteiger partial charge in [-0.15, -0.1) is 0 Å². The molecule has 0 amide bonds. The molecule has 2 heterocycles. The minimum absolute atomic E-state index is 0.114. The van der Waals surface area contributed by atoms with E-state index in [9.17, 15) is 0 Å². The highest BCUT2D eigenvalue weighted by Crippen LogP contribution is 2.36. The van der Waals surface area contributed by atoms with Gasteiger partial charge in [0.05, 0.1) is 18.2 Å². The summed E-state index contributed by atoms with van der Waals surface area (Å²) in [6.45, 7) is 6.96. The lowest BCUT2D eigenvalue weighted by Crippen LogP contribution is -2.67. The van der Waals surface area contributed by atoms with E-state index < -0.39 is 0 Å². The number of ether oxygens (including phenoxy) is 2. The molecule has 0 aromatic rings. The van der Waals surface area contributed by atoms with Gasteiger partial charge in [0.1, 0.15) is 0 Å². The van der Waals surface area contributed by atoms with E-state index in [2.05, 4.69) is 19.2 Å². The average Bonchev–Trinajstić information content (AvgIpc) is 2.14. The average molecular weight is 185 g/mol. The fraction of sp³-hybridized carbons (Fsp3) is 1.00. The van der Waals surface area contributed by atoms with E-state index in [0.29, 0.717) is 12.1 Å². The summed E-state index contributed by atoms with van der Waals surface area (Å²) in [5, 5.41) is 3.56. The van der Waals surface area contributed by atoms with Crippen LogP contribution in [0.2, 0.25) is 0 Å². The van der Waals surface area contributed by atoms with Gasteiger partial charge in [-0.25, -0.2) is 0 Å². The van der Waals surface area contributed by atoms with Gasteiger partial charge in [0.2, 0.25) is 0 Å². The largest absolute Gasteiger partial charge is 0.381 e. The second-order valence-corrected chi connectivity index (χ2v) is 4.36. The Labute approximate surface area is 79.8 Å². The van der Waals surface area contributed by atoms with Crippen LogP contribution in [0.4, 0.5) is 0 Å². The van der Waals surface area contributed by atoms with Crippen LogP contribution in [0, 0.1) is 0 Å². The second kappa shape index (κ2) is 3.56. The maximum Gasteiger partial charge on any atom is 0.0901 e. The first-order valence-corrected chi connectivity index (χ1v) is 5.21.